The van der Waals surface area contributed by atoms with Gasteiger partial charge < -0.3 is 20.5 Å². The molecule has 0 saturated heterocycles. The number of carbonyl (C=O) groups excluding carboxylic acids is 1. The van der Waals surface area contributed by atoms with Crippen molar-refractivity contribution in [2.24, 2.45) is 0 Å². The number of para-hydroxylation sites is 1. The number of halogens is 2. The van der Waals surface area contributed by atoms with E-state index in [0.717, 1.165) is 5.56 Å². The molecular weight excluding hydrogens is 370 g/mol. The number of alkyl halides is 2. The largest absolute Gasteiger partial charge is 0.481 e. The van der Waals surface area contributed by atoms with Crippen LogP contribution in [0.5, 0.6) is 5.75 Å². The molecular formula is C20H22F2N2O4. The van der Waals surface area contributed by atoms with E-state index in [9.17, 15) is 18.4 Å². The zero-order valence-corrected chi connectivity index (χ0v) is 15.3. The van der Waals surface area contributed by atoms with Crippen molar-refractivity contribution in [2.75, 3.05) is 5.32 Å². The molecule has 3 N–H and O–H groups in total. The van der Waals surface area contributed by atoms with Gasteiger partial charge in [0.1, 0.15) is 5.75 Å². The third-order valence-corrected chi connectivity index (χ3v) is 4.06. The summed E-state index contributed by atoms with van der Waals surface area (Å²) in [7, 11) is 0. The smallest absolute Gasteiger partial charge is 0.387 e. The molecule has 6 nitrogen and oxygen atoms in total. The molecule has 0 radical (unpaired) electrons. The Labute approximate surface area is 161 Å². The van der Waals surface area contributed by atoms with Crippen LogP contribution in [0.3, 0.4) is 0 Å². The summed E-state index contributed by atoms with van der Waals surface area (Å²) < 4.78 is 29.6. The van der Waals surface area contributed by atoms with E-state index in [1.165, 1.54) is 6.07 Å². The number of anilines is 1. The summed E-state index contributed by atoms with van der Waals surface area (Å²) in [6.45, 7) is -1.37. The van der Waals surface area contributed by atoms with Crippen LogP contribution in [0.15, 0.2) is 48.5 Å². The lowest BCUT2D eigenvalue weighted by molar-refractivity contribution is -0.137. The number of carboxylic acid groups (broad SMARTS) is 1. The minimum Gasteiger partial charge on any atom is -0.481 e. The molecule has 0 saturated carbocycles. The molecule has 8 heteroatoms. The van der Waals surface area contributed by atoms with E-state index in [-0.39, 0.29) is 24.3 Å². The van der Waals surface area contributed by atoms with E-state index >= 15 is 0 Å². The van der Waals surface area contributed by atoms with Crippen LogP contribution in [0, 0.1) is 6.92 Å². The number of benzene rings is 2. The van der Waals surface area contributed by atoms with Gasteiger partial charge in [-0.2, -0.15) is 8.78 Å². The highest BCUT2D eigenvalue weighted by atomic mass is 19.3. The Balaban J connectivity index is 2.09. The fraction of sp³-hybridized carbons (Fsp3) is 0.300. The number of rotatable bonds is 9. The maximum absolute atomic E-state index is 12.6. The molecule has 0 aliphatic heterocycles. The Morgan fingerprint density at radius 1 is 1.11 bits per heavy atom. The number of nitrogens with one attached hydrogen (secondary N) is 2. The van der Waals surface area contributed by atoms with Gasteiger partial charge in [0, 0.05) is 12.5 Å². The van der Waals surface area contributed by atoms with Crippen LogP contribution in [0.25, 0.3) is 0 Å². The Morgan fingerprint density at radius 2 is 1.82 bits per heavy atom. The van der Waals surface area contributed by atoms with Crippen LogP contribution in [-0.4, -0.2) is 29.8 Å². The lowest BCUT2D eigenvalue weighted by Crippen LogP contribution is -2.39. The SMILES string of the molecule is Cc1cccc(OC(F)F)c1NC(=O)NC(CCC(=O)O)Cc1ccccc1. The first-order valence-electron chi connectivity index (χ1n) is 8.73. The summed E-state index contributed by atoms with van der Waals surface area (Å²) >= 11 is 0. The van der Waals surface area contributed by atoms with Gasteiger partial charge in [0.25, 0.3) is 0 Å². The summed E-state index contributed by atoms with van der Waals surface area (Å²) in [6, 6.07) is 12.8. The Kier molecular flexibility index (Phi) is 7.74. The zero-order chi connectivity index (χ0) is 20.5. The van der Waals surface area contributed by atoms with Crippen LogP contribution < -0.4 is 15.4 Å². The van der Waals surface area contributed by atoms with Gasteiger partial charge in [0.2, 0.25) is 0 Å². The number of aryl methyl sites for hydroxylation is 1. The number of amides is 2. The van der Waals surface area contributed by atoms with Crippen LogP contribution in [0.4, 0.5) is 19.3 Å². The molecule has 0 aliphatic rings. The minimum atomic E-state index is -3.02. The quantitative estimate of drug-likeness (QED) is 0.597. The number of carboxylic acids is 1. The molecule has 1 unspecified atom stereocenters. The van der Waals surface area contributed by atoms with E-state index in [1.807, 2.05) is 30.3 Å². The highest BCUT2D eigenvalue weighted by molar-refractivity contribution is 5.92. The minimum absolute atomic E-state index is 0.109. The first-order valence-corrected chi connectivity index (χ1v) is 8.73. The first kappa shape index (κ1) is 21.1. The van der Waals surface area contributed by atoms with Gasteiger partial charge in [-0.25, -0.2) is 4.79 Å². The van der Waals surface area contributed by atoms with Gasteiger partial charge in [0.15, 0.2) is 0 Å². The van der Waals surface area contributed by atoms with Gasteiger partial charge in [-0.15, -0.1) is 0 Å². The van der Waals surface area contributed by atoms with Crippen LogP contribution in [0.1, 0.15) is 24.0 Å². The highest BCUT2D eigenvalue weighted by Crippen LogP contribution is 2.29. The lowest BCUT2D eigenvalue weighted by atomic mass is 10.0. The molecule has 0 bridgehead atoms. The Hall–Kier alpha value is -3.16. The second-order valence-corrected chi connectivity index (χ2v) is 6.24. The third-order valence-electron chi connectivity index (χ3n) is 4.06. The summed E-state index contributed by atoms with van der Waals surface area (Å²) in [6.07, 6.45) is 0.559. The number of carbonyl (C=O) groups is 2. The molecule has 0 fully saturated rings. The zero-order valence-electron chi connectivity index (χ0n) is 15.3. The van der Waals surface area contributed by atoms with Crippen molar-refractivity contribution in [1.82, 2.24) is 5.32 Å². The first-order chi connectivity index (χ1) is 13.3. The van der Waals surface area contributed by atoms with E-state index in [4.69, 9.17) is 5.11 Å². The maximum Gasteiger partial charge on any atom is 0.387 e. The van der Waals surface area contributed by atoms with Crippen molar-refractivity contribution in [2.45, 2.75) is 38.8 Å². The van der Waals surface area contributed by atoms with E-state index in [0.29, 0.717) is 12.0 Å². The second kappa shape index (κ2) is 10.2. The standard InChI is InChI=1S/C20H22F2N2O4/c1-13-6-5-9-16(28-19(21)22)18(13)24-20(27)23-15(10-11-17(25)26)12-14-7-3-2-4-8-14/h2-9,15,19H,10-12H2,1H3,(H,25,26)(H2,23,24,27). The number of hydrogen-bond donors (Lipinski definition) is 3. The van der Waals surface area contributed by atoms with Crippen LogP contribution in [0.2, 0.25) is 0 Å². The third kappa shape index (κ3) is 6.86. The van der Waals surface area contributed by atoms with Gasteiger partial charge in [-0.3, -0.25) is 4.79 Å². The van der Waals surface area contributed by atoms with Crippen molar-refractivity contribution in [3.8, 4) is 5.75 Å². The molecule has 2 aromatic rings. The number of urea groups is 1. The van der Waals surface area contributed by atoms with Crippen molar-refractivity contribution in [3.05, 3.63) is 59.7 Å². The van der Waals surface area contributed by atoms with Gasteiger partial charge in [-0.1, -0.05) is 42.5 Å². The highest BCUT2D eigenvalue weighted by Gasteiger charge is 2.18. The topological polar surface area (TPSA) is 87.7 Å². The molecule has 1 atom stereocenters. The predicted molar refractivity (Wildman–Crippen MR) is 101 cm³/mol. The van der Waals surface area contributed by atoms with Gasteiger partial charge in [-0.05, 0) is 37.0 Å². The molecule has 0 spiro atoms. The van der Waals surface area contributed by atoms with E-state index < -0.39 is 24.7 Å². The molecule has 0 heterocycles. The second-order valence-electron chi connectivity index (χ2n) is 6.24. The Morgan fingerprint density at radius 3 is 2.46 bits per heavy atom. The van der Waals surface area contributed by atoms with Crippen molar-refractivity contribution in [3.63, 3.8) is 0 Å². The normalized spacial score (nSPS) is 11.7. The monoisotopic (exact) mass is 392 g/mol. The van der Waals surface area contributed by atoms with Crippen LogP contribution in [-0.2, 0) is 11.2 Å². The average molecular weight is 392 g/mol. The summed E-state index contributed by atoms with van der Waals surface area (Å²) in [5, 5.41) is 14.2. The molecule has 2 rings (SSSR count). The van der Waals surface area contributed by atoms with E-state index in [1.54, 1.807) is 19.1 Å². The summed E-state index contributed by atoms with van der Waals surface area (Å²) in [5.41, 5.74) is 1.63. The molecule has 0 aromatic heterocycles. The number of aliphatic carboxylic acids is 1. The molecule has 28 heavy (non-hydrogen) atoms. The molecule has 2 aromatic carbocycles. The number of ether oxygens (including phenoxy) is 1. The summed E-state index contributed by atoms with van der Waals surface area (Å²) in [5.74, 6) is -1.11. The molecule has 150 valence electrons. The lowest BCUT2D eigenvalue weighted by Gasteiger charge is -2.20. The molecule has 2 amide bonds. The fourth-order valence-corrected chi connectivity index (χ4v) is 2.75. The van der Waals surface area contributed by atoms with Gasteiger partial charge >= 0.3 is 18.6 Å². The summed E-state index contributed by atoms with van der Waals surface area (Å²) in [4.78, 5) is 23.3. The van der Waals surface area contributed by atoms with Crippen molar-refractivity contribution < 1.29 is 28.2 Å². The van der Waals surface area contributed by atoms with E-state index in [2.05, 4.69) is 15.4 Å². The predicted octanol–water partition coefficient (Wildman–Crippen LogP) is 4.19. The Bertz CT molecular complexity index is 800. The number of hydrogen-bond acceptors (Lipinski definition) is 3. The van der Waals surface area contributed by atoms with Crippen molar-refractivity contribution >= 4 is 17.7 Å². The van der Waals surface area contributed by atoms with Gasteiger partial charge in [0.05, 0.1) is 5.69 Å². The van der Waals surface area contributed by atoms with Crippen molar-refractivity contribution in [1.29, 1.82) is 0 Å². The average Bonchev–Trinajstić information content (AvgIpc) is 2.63. The van der Waals surface area contributed by atoms with Crippen LogP contribution >= 0.6 is 0 Å². The maximum atomic E-state index is 12.6. The molecule has 0 aliphatic carbocycles. The fourth-order valence-electron chi connectivity index (χ4n) is 2.75.